The summed E-state index contributed by atoms with van der Waals surface area (Å²) >= 11 is 5.46. The van der Waals surface area contributed by atoms with E-state index in [0.29, 0.717) is 5.69 Å². The molecule has 0 aromatic heterocycles. The topological polar surface area (TPSA) is 37.4 Å². The van der Waals surface area contributed by atoms with E-state index in [9.17, 15) is 8.42 Å². The zero-order chi connectivity index (χ0) is 12.2. The Morgan fingerprint density at radius 2 is 1.81 bits per heavy atom. The Hall–Kier alpha value is -0.740. The second-order valence-electron chi connectivity index (χ2n) is 3.49. The summed E-state index contributed by atoms with van der Waals surface area (Å²) in [7, 11) is -1.74. The quantitative estimate of drug-likeness (QED) is 0.763. The van der Waals surface area contributed by atoms with Crippen LogP contribution in [0.2, 0.25) is 0 Å². The zero-order valence-electron chi connectivity index (χ0n) is 9.48. The molecule has 0 amide bonds. The van der Waals surface area contributed by atoms with Crippen molar-refractivity contribution in [1.29, 1.82) is 0 Å². The van der Waals surface area contributed by atoms with Gasteiger partial charge in [0.1, 0.15) is 0 Å². The van der Waals surface area contributed by atoms with Crippen LogP contribution < -0.4 is 4.31 Å². The largest absolute Gasteiger partial charge is 0.273 e. The van der Waals surface area contributed by atoms with E-state index in [1.54, 1.807) is 7.05 Å². The third-order valence-corrected chi connectivity index (χ3v) is 4.64. The van der Waals surface area contributed by atoms with Crippen molar-refractivity contribution >= 4 is 27.3 Å². The molecule has 0 saturated heterocycles. The number of hydrogen-bond donors (Lipinski definition) is 0. The van der Waals surface area contributed by atoms with Gasteiger partial charge in [-0.1, -0.05) is 19.1 Å². The SMILES string of the molecule is CCc1ccc(N(C)S(=O)(=O)CCCl)cc1. The third kappa shape index (κ3) is 3.12. The number of nitrogens with zero attached hydrogens (tertiary/aromatic N) is 1. The van der Waals surface area contributed by atoms with E-state index >= 15 is 0 Å². The van der Waals surface area contributed by atoms with Gasteiger partial charge in [0, 0.05) is 12.9 Å². The summed E-state index contributed by atoms with van der Waals surface area (Å²) in [6, 6.07) is 7.49. The number of benzene rings is 1. The van der Waals surface area contributed by atoms with Gasteiger partial charge in [-0.15, -0.1) is 11.6 Å². The maximum absolute atomic E-state index is 11.7. The van der Waals surface area contributed by atoms with Crippen molar-refractivity contribution in [3.63, 3.8) is 0 Å². The lowest BCUT2D eigenvalue weighted by Crippen LogP contribution is -2.29. The Bertz CT molecular complexity index is 428. The monoisotopic (exact) mass is 261 g/mol. The van der Waals surface area contributed by atoms with E-state index in [-0.39, 0.29) is 11.6 Å². The molecule has 0 N–H and O–H groups in total. The first-order chi connectivity index (χ1) is 7.51. The molecule has 0 spiro atoms. The molecule has 0 radical (unpaired) electrons. The zero-order valence-corrected chi connectivity index (χ0v) is 11.1. The second kappa shape index (κ2) is 5.55. The highest BCUT2D eigenvalue weighted by Crippen LogP contribution is 2.17. The van der Waals surface area contributed by atoms with E-state index in [4.69, 9.17) is 11.6 Å². The fourth-order valence-corrected chi connectivity index (χ4v) is 2.83. The first-order valence-electron chi connectivity index (χ1n) is 5.12. The molecule has 16 heavy (non-hydrogen) atoms. The molecular weight excluding hydrogens is 246 g/mol. The lowest BCUT2D eigenvalue weighted by atomic mass is 10.1. The molecule has 0 heterocycles. The molecule has 3 nitrogen and oxygen atoms in total. The van der Waals surface area contributed by atoms with Crippen LogP contribution in [0.4, 0.5) is 5.69 Å². The van der Waals surface area contributed by atoms with Gasteiger partial charge >= 0.3 is 0 Å². The Balaban J connectivity index is 2.92. The van der Waals surface area contributed by atoms with Gasteiger partial charge in [-0.25, -0.2) is 8.42 Å². The summed E-state index contributed by atoms with van der Waals surface area (Å²) in [5.74, 6) is 0.0697. The molecule has 0 fully saturated rings. The third-order valence-electron chi connectivity index (χ3n) is 2.46. The van der Waals surface area contributed by atoms with Crippen LogP contribution in [0.15, 0.2) is 24.3 Å². The standard InChI is InChI=1S/C11H16ClNO2S/c1-3-10-4-6-11(7-5-10)13(2)16(14,15)9-8-12/h4-7H,3,8-9H2,1-2H3. The first kappa shape index (κ1) is 13.3. The van der Waals surface area contributed by atoms with Gasteiger partial charge in [0.05, 0.1) is 11.4 Å². The van der Waals surface area contributed by atoms with Crippen LogP contribution in [0, 0.1) is 0 Å². The van der Waals surface area contributed by atoms with E-state index in [0.717, 1.165) is 6.42 Å². The number of alkyl halides is 1. The number of aryl methyl sites for hydroxylation is 1. The number of hydrogen-bond acceptors (Lipinski definition) is 2. The lowest BCUT2D eigenvalue weighted by molar-refractivity contribution is 0.596. The maximum Gasteiger partial charge on any atom is 0.236 e. The van der Waals surface area contributed by atoms with E-state index in [1.165, 1.54) is 9.87 Å². The molecule has 0 aliphatic heterocycles. The average molecular weight is 262 g/mol. The highest BCUT2D eigenvalue weighted by Gasteiger charge is 2.17. The minimum Gasteiger partial charge on any atom is -0.273 e. The molecular formula is C11H16ClNO2S. The van der Waals surface area contributed by atoms with Crippen LogP contribution in [-0.4, -0.2) is 27.1 Å². The molecule has 5 heteroatoms. The Morgan fingerprint density at radius 3 is 2.25 bits per heavy atom. The normalized spacial score (nSPS) is 11.4. The summed E-state index contributed by atoms with van der Waals surface area (Å²) in [6.45, 7) is 2.06. The maximum atomic E-state index is 11.7. The molecule has 1 rings (SSSR count). The van der Waals surface area contributed by atoms with Crippen LogP contribution in [0.5, 0.6) is 0 Å². The van der Waals surface area contributed by atoms with Crippen LogP contribution in [0.1, 0.15) is 12.5 Å². The Morgan fingerprint density at radius 1 is 1.25 bits per heavy atom. The number of rotatable bonds is 5. The smallest absolute Gasteiger partial charge is 0.236 e. The van der Waals surface area contributed by atoms with Crippen molar-refractivity contribution < 1.29 is 8.42 Å². The molecule has 1 aromatic rings. The molecule has 90 valence electrons. The van der Waals surface area contributed by atoms with Crippen molar-refractivity contribution in [1.82, 2.24) is 0 Å². The van der Waals surface area contributed by atoms with Crippen LogP contribution in [-0.2, 0) is 16.4 Å². The van der Waals surface area contributed by atoms with Gasteiger partial charge in [-0.2, -0.15) is 0 Å². The van der Waals surface area contributed by atoms with Crippen molar-refractivity contribution in [2.75, 3.05) is 23.0 Å². The van der Waals surface area contributed by atoms with Crippen LogP contribution >= 0.6 is 11.6 Å². The van der Waals surface area contributed by atoms with Gasteiger partial charge < -0.3 is 0 Å². The van der Waals surface area contributed by atoms with Gasteiger partial charge in [-0.05, 0) is 24.1 Å². The molecule has 0 saturated carbocycles. The van der Waals surface area contributed by atoms with Crippen molar-refractivity contribution in [3.8, 4) is 0 Å². The fourth-order valence-electron chi connectivity index (χ4n) is 1.34. The molecule has 0 aliphatic rings. The minimum atomic E-state index is -3.28. The van der Waals surface area contributed by atoms with Gasteiger partial charge in [-0.3, -0.25) is 4.31 Å². The second-order valence-corrected chi connectivity index (χ2v) is 5.99. The average Bonchev–Trinajstić information content (AvgIpc) is 2.28. The highest BCUT2D eigenvalue weighted by atomic mass is 35.5. The van der Waals surface area contributed by atoms with Crippen molar-refractivity contribution in [2.24, 2.45) is 0 Å². The number of halogens is 1. The van der Waals surface area contributed by atoms with Crippen LogP contribution in [0.3, 0.4) is 0 Å². The Kier molecular flexibility index (Phi) is 4.62. The van der Waals surface area contributed by atoms with E-state index in [2.05, 4.69) is 6.92 Å². The number of sulfonamides is 1. The fraction of sp³-hybridized carbons (Fsp3) is 0.455. The van der Waals surface area contributed by atoms with Crippen molar-refractivity contribution in [2.45, 2.75) is 13.3 Å². The molecule has 0 atom stereocenters. The first-order valence-corrected chi connectivity index (χ1v) is 7.27. The minimum absolute atomic E-state index is 0.0411. The summed E-state index contributed by atoms with van der Waals surface area (Å²) < 4.78 is 24.7. The Labute approximate surface area is 102 Å². The predicted octanol–water partition coefficient (Wildman–Crippen LogP) is 2.25. The van der Waals surface area contributed by atoms with Gasteiger partial charge in [0.25, 0.3) is 0 Å². The number of anilines is 1. The van der Waals surface area contributed by atoms with Gasteiger partial charge in [0.15, 0.2) is 0 Å². The van der Waals surface area contributed by atoms with Crippen LogP contribution in [0.25, 0.3) is 0 Å². The summed E-state index contributed by atoms with van der Waals surface area (Å²) in [5, 5.41) is 0. The summed E-state index contributed by atoms with van der Waals surface area (Å²) in [5.41, 5.74) is 1.86. The summed E-state index contributed by atoms with van der Waals surface area (Å²) in [6.07, 6.45) is 0.943. The van der Waals surface area contributed by atoms with E-state index < -0.39 is 10.0 Å². The van der Waals surface area contributed by atoms with Crippen molar-refractivity contribution in [3.05, 3.63) is 29.8 Å². The van der Waals surface area contributed by atoms with Gasteiger partial charge in [0.2, 0.25) is 10.0 Å². The molecule has 0 aliphatic carbocycles. The molecule has 0 bridgehead atoms. The predicted molar refractivity (Wildman–Crippen MR) is 68.7 cm³/mol. The highest BCUT2D eigenvalue weighted by molar-refractivity contribution is 7.92. The molecule has 0 unspecified atom stereocenters. The summed E-state index contributed by atoms with van der Waals surface area (Å²) in [4.78, 5) is 0. The molecule has 1 aromatic carbocycles. The lowest BCUT2D eigenvalue weighted by Gasteiger charge is -2.18. The van der Waals surface area contributed by atoms with E-state index in [1.807, 2.05) is 24.3 Å².